The minimum atomic E-state index is -0.640. The van der Waals surface area contributed by atoms with Crippen LogP contribution in [0.2, 0.25) is 0 Å². The number of aromatic nitrogens is 3. The summed E-state index contributed by atoms with van der Waals surface area (Å²) in [5.41, 5.74) is 5.87. The average molecular weight is 738 g/mol. The van der Waals surface area contributed by atoms with Crippen LogP contribution in [0, 0.1) is 13.8 Å². The Hall–Kier alpha value is -6.90. The first-order valence-electron chi connectivity index (χ1n) is 16.6. The molecule has 15 heteroatoms. The summed E-state index contributed by atoms with van der Waals surface area (Å²) in [4.78, 5) is 82.4. The Kier molecular flexibility index (Phi) is 9.74. The molecule has 0 radical (unpaired) electrons. The summed E-state index contributed by atoms with van der Waals surface area (Å²) in [5.74, 6) is -3.55. The van der Waals surface area contributed by atoms with Gasteiger partial charge in [-0.05, 0) is 37.6 Å². The van der Waals surface area contributed by atoms with Crippen molar-refractivity contribution >= 4 is 68.5 Å². The predicted octanol–water partition coefficient (Wildman–Crippen LogP) is 6.56. The number of ether oxygens (including phenoxy) is 6. The van der Waals surface area contributed by atoms with Gasteiger partial charge in [-0.3, -0.25) is 28.8 Å². The molecule has 0 amide bonds. The third kappa shape index (κ3) is 7.37. The lowest BCUT2D eigenvalue weighted by Gasteiger charge is -2.12. The molecule has 6 aromatic rings. The highest BCUT2D eigenvalue weighted by Gasteiger charge is 2.26. The van der Waals surface area contributed by atoms with E-state index in [1.54, 1.807) is 36.4 Å². The lowest BCUT2D eigenvalue weighted by molar-refractivity contribution is -0.134. The van der Waals surface area contributed by atoms with Gasteiger partial charge in [-0.1, -0.05) is 0 Å². The smallest absolute Gasteiger partial charge is 0.308 e. The van der Waals surface area contributed by atoms with Crippen LogP contribution in [0.4, 0.5) is 0 Å². The van der Waals surface area contributed by atoms with Crippen molar-refractivity contribution in [3.63, 3.8) is 0 Å². The highest BCUT2D eigenvalue weighted by Crippen LogP contribution is 2.46. The molecule has 3 aromatic carbocycles. The zero-order valence-electron chi connectivity index (χ0n) is 30.6. The lowest BCUT2D eigenvalue weighted by Crippen LogP contribution is -2.07. The Morgan fingerprint density at radius 1 is 0.426 bits per heavy atom. The molecule has 0 unspecified atom stereocenters. The minimum absolute atomic E-state index is 0.000426. The third-order valence-electron chi connectivity index (χ3n) is 8.30. The maximum atomic E-state index is 12.2. The van der Waals surface area contributed by atoms with Crippen LogP contribution in [0.25, 0.3) is 43.8 Å². The highest BCUT2D eigenvalue weighted by atomic mass is 16.6. The van der Waals surface area contributed by atoms with Crippen LogP contribution in [-0.4, -0.2) is 50.8 Å². The van der Waals surface area contributed by atoms with Crippen molar-refractivity contribution < 1.29 is 57.2 Å². The van der Waals surface area contributed by atoms with Crippen LogP contribution in [0.3, 0.4) is 0 Å². The molecule has 0 bridgehead atoms. The molecule has 278 valence electrons. The molecule has 0 fully saturated rings. The number of hydrogen-bond acceptors (Lipinski definition) is 12. The minimum Gasteiger partial charge on any atom is -0.423 e. The quantitative estimate of drug-likeness (QED) is 0.107. The van der Waals surface area contributed by atoms with E-state index in [0.29, 0.717) is 55.2 Å². The number of benzene rings is 3. The molecule has 54 heavy (non-hydrogen) atoms. The maximum absolute atomic E-state index is 12.2. The van der Waals surface area contributed by atoms with Gasteiger partial charge in [-0.25, -0.2) is 0 Å². The molecule has 15 nitrogen and oxygen atoms in total. The molecular formula is C39H35N3O12. The van der Waals surface area contributed by atoms with Crippen molar-refractivity contribution in [3.05, 3.63) is 59.0 Å². The van der Waals surface area contributed by atoms with Gasteiger partial charge in [0.05, 0.1) is 11.0 Å². The maximum Gasteiger partial charge on any atom is 0.308 e. The fourth-order valence-electron chi connectivity index (χ4n) is 6.54. The number of nitrogens with one attached hydrogen (secondary N) is 3. The molecule has 0 saturated carbocycles. The number of rotatable bonds is 9. The molecule has 0 aliphatic rings. The Morgan fingerprint density at radius 2 is 0.741 bits per heavy atom. The van der Waals surface area contributed by atoms with Gasteiger partial charge in [0.15, 0.2) is 34.5 Å². The van der Waals surface area contributed by atoms with Gasteiger partial charge in [0.25, 0.3) is 0 Å². The zero-order valence-corrected chi connectivity index (χ0v) is 30.6. The highest BCUT2D eigenvalue weighted by molar-refractivity contribution is 6.09. The number of aromatic amines is 3. The van der Waals surface area contributed by atoms with Crippen molar-refractivity contribution in [2.45, 2.75) is 61.8 Å². The van der Waals surface area contributed by atoms with E-state index in [-0.39, 0.29) is 40.9 Å². The van der Waals surface area contributed by atoms with Gasteiger partial charge >= 0.3 is 35.8 Å². The SMILES string of the molecule is CC(=O)Oc1cc2[nH]c(C)c(Cc3[nH]c4cc(OC(C)=O)c(OC(C)=O)cc4c3-c3c(C)[nH]c4cc(OC(C)=O)c(OC(C)=O)cc34)c2cc1OC(C)=O. The molecule has 0 aliphatic carbocycles. The van der Waals surface area contributed by atoms with E-state index in [4.69, 9.17) is 28.4 Å². The molecule has 0 spiro atoms. The topological polar surface area (TPSA) is 205 Å². The van der Waals surface area contributed by atoms with Crippen LogP contribution < -0.4 is 28.4 Å². The van der Waals surface area contributed by atoms with Crippen molar-refractivity contribution in [1.82, 2.24) is 15.0 Å². The summed E-state index contributed by atoms with van der Waals surface area (Å²) in [6, 6.07) is 9.50. The van der Waals surface area contributed by atoms with E-state index in [0.717, 1.165) is 11.3 Å². The number of esters is 6. The third-order valence-corrected chi connectivity index (χ3v) is 8.30. The van der Waals surface area contributed by atoms with Crippen LogP contribution >= 0.6 is 0 Å². The standard InChI is InChI=1S/C39H35N3O12/c1-16-24(25-10-32(49-18(3)43)35(52-21(6)46)13-28(25)40-16)9-31-39(27-12-34(51-20(5)45)37(54-23(8)48)15-30(27)42-31)38-17(2)41-29-14-36(53-22(7)47)33(11-26(29)38)50-19(4)44/h10-15,40-42H,9H2,1-8H3. The van der Waals surface area contributed by atoms with Crippen molar-refractivity contribution in [2.75, 3.05) is 0 Å². The first-order chi connectivity index (χ1) is 25.5. The van der Waals surface area contributed by atoms with Crippen molar-refractivity contribution in [1.29, 1.82) is 0 Å². The van der Waals surface area contributed by atoms with E-state index >= 15 is 0 Å². The van der Waals surface area contributed by atoms with Gasteiger partial charge in [-0.15, -0.1) is 0 Å². The summed E-state index contributed by atoms with van der Waals surface area (Å²) in [7, 11) is 0. The second kappa shape index (κ2) is 14.3. The molecule has 3 aromatic heterocycles. The van der Waals surface area contributed by atoms with E-state index in [9.17, 15) is 28.8 Å². The number of H-pyrrole nitrogens is 3. The van der Waals surface area contributed by atoms with Gasteiger partial charge < -0.3 is 43.4 Å². The van der Waals surface area contributed by atoms with E-state index < -0.39 is 35.8 Å². The largest absolute Gasteiger partial charge is 0.423 e. The summed E-state index contributed by atoms with van der Waals surface area (Å²) in [6.45, 7) is 11.1. The molecule has 0 aliphatic heterocycles. The van der Waals surface area contributed by atoms with Crippen molar-refractivity contribution in [3.8, 4) is 45.6 Å². The second-order valence-electron chi connectivity index (χ2n) is 12.6. The van der Waals surface area contributed by atoms with Gasteiger partial charge in [0, 0.05) is 116 Å². The lowest BCUT2D eigenvalue weighted by atomic mass is 9.95. The fraction of sp³-hybridized carbons (Fsp3) is 0.231. The number of aryl methyl sites for hydroxylation is 2. The monoisotopic (exact) mass is 737 g/mol. The summed E-state index contributed by atoms with van der Waals surface area (Å²) >= 11 is 0. The number of carbonyl (C=O) groups is 6. The Morgan fingerprint density at radius 3 is 1.15 bits per heavy atom. The number of fused-ring (bicyclic) bond motifs is 3. The van der Waals surface area contributed by atoms with E-state index in [2.05, 4.69) is 15.0 Å². The Balaban J connectivity index is 1.65. The van der Waals surface area contributed by atoms with Crippen LogP contribution in [-0.2, 0) is 35.2 Å². The van der Waals surface area contributed by atoms with Gasteiger partial charge in [0.1, 0.15) is 0 Å². The molecule has 0 atom stereocenters. The molecule has 0 saturated heterocycles. The zero-order chi connectivity index (χ0) is 39.2. The molecular weight excluding hydrogens is 702 g/mol. The summed E-state index contributed by atoms with van der Waals surface area (Å²) in [6.07, 6.45) is 0.239. The average Bonchev–Trinajstić information content (AvgIpc) is 3.64. The summed E-state index contributed by atoms with van der Waals surface area (Å²) < 4.78 is 32.6. The number of carbonyl (C=O) groups excluding carboxylic acids is 6. The normalized spacial score (nSPS) is 11.1. The van der Waals surface area contributed by atoms with E-state index in [1.807, 2.05) is 13.8 Å². The van der Waals surface area contributed by atoms with Crippen LogP contribution in [0.5, 0.6) is 34.5 Å². The second-order valence-corrected chi connectivity index (χ2v) is 12.6. The Labute approximate surface area is 306 Å². The molecule has 6 rings (SSSR count). The first-order valence-corrected chi connectivity index (χ1v) is 16.6. The Bertz CT molecular complexity index is 2590. The van der Waals surface area contributed by atoms with Gasteiger partial charge in [-0.2, -0.15) is 0 Å². The van der Waals surface area contributed by atoms with Gasteiger partial charge in [0.2, 0.25) is 0 Å². The van der Waals surface area contributed by atoms with Crippen LogP contribution in [0.15, 0.2) is 36.4 Å². The van der Waals surface area contributed by atoms with Crippen LogP contribution in [0.1, 0.15) is 64.2 Å². The van der Waals surface area contributed by atoms with Crippen molar-refractivity contribution in [2.24, 2.45) is 0 Å². The molecule has 3 heterocycles. The number of hydrogen-bond donors (Lipinski definition) is 3. The van der Waals surface area contributed by atoms with E-state index in [1.165, 1.54) is 41.5 Å². The molecule has 3 N–H and O–H groups in total. The first kappa shape index (κ1) is 36.9. The summed E-state index contributed by atoms with van der Waals surface area (Å²) in [5, 5.41) is 1.84. The predicted molar refractivity (Wildman–Crippen MR) is 194 cm³/mol. The fourth-order valence-corrected chi connectivity index (χ4v) is 6.54.